The molecule has 0 heterocycles. The molecule has 0 amide bonds. The second kappa shape index (κ2) is 8.90. The first-order valence-corrected chi connectivity index (χ1v) is 15.2. The van der Waals surface area contributed by atoms with Crippen LogP contribution in [0.1, 0.15) is 25.0 Å². The maximum Gasteiger partial charge on any atom is 0.0165 e. The Kier molecular flexibility index (Phi) is 5.05. The fourth-order valence-electron chi connectivity index (χ4n) is 7.90. The molecule has 43 heavy (non-hydrogen) atoms. The van der Waals surface area contributed by atoms with Gasteiger partial charge in [0.25, 0.3) is 0 Å². The quantitative estimate of drug-likeness (QED) is 0.189. The molecule has 1 aliphatic rings. The van der Waals surface area contributed by atoms with E-state index in [9.17, 15) is 0 Å². The van der Waals surface area contributed by atoms with Gasteiger partial charge in [-0.3, -0.25) is 0 Å². The van der Waals surface area contributed by atoms with Crippen molar-refractivity contribution in [2.24, 2.45) is 0 Å². The summed E-state index contributed by atoms with van der Waals surface area (Å²) in [7, 11) is 0. The van der Waals surface area contributed by atoms with Crippen molar-refractivity contribution in [3.8, 4) is 33.4 Å². The fraction of sp³-hybridized carbons (Fsp3) is 0.0698. The lowest BCUT2D eigenvalue weighted by atomic mass is 9.78. The predicted octanol–water partition coefficient (Wildman–Crippen LogP) is 11.9. The van der Waals surface area contributed by atoms with Gasteiger partial charge in [0.2, 0.25) is 0 Å². The molecule has 0 unspecified atom stereocenters. The Labute approximate surface area is 251 Å². The van der Waals surface area contributed by atoms with Gasteiger partial charge in [0.05, 0.1) is 0 Å². The Morgan fingerprint density at radius 3 is 1.65 bits per heavy atom. The molecule has 9 rings (SSSR count). The molecule has 0 saturated carbocycles. The summed E-state index contributed by atoms with van der Waals surface area (Å²) in [6.07, 6.45) is 0. The standard InChI is InChI=1S/C43H30/c1-43(2)40-19-11-10-17-35(40)38-25-24-37-34-21-20-28(26-39(34)33-16-8-9-18-36(33)41(37)42(38)43)30-23-22-29(27-12-4-3-5-13-27)31-14-6-7-15-32(30)31/h3-26H,1-2H3. The molecule has 0 fully saturated rings. The van der Waals surface area contributed by atoms with E-state index in [1.54, 1.807) is 0 Å². The smallest absolute Gasteiger partial charge is 0.0165 e. The number of hydrogen-bond acceptors (Lipinski definition) is 0. The lowest BCUT2D eigenvalue weighted by Crippen LogP contribution is -2.15. The Hall–Kier alpha value is -5.20. The van der Waals surface area contributed by atoms with E-state index in [1.165, 1.54) is 87.6 Å². The minimum absolute atomic E-state index is 0.0682. The SMILES string of the molecule is CC1(C)c2ccccc2-c2ccc3c4ccc(-c5ccc(-c6ccccc6)c6ccccc56)cc4c4ccccc4c3c21. The zero-order valence-corrected chi connectivity index (χ0v) is 24.4. The number of benzene rings is 8. The third kappa shape index (κ3) is 3.38. The monoisotopic (exact) mass is 546 g/mol. The van der Waals surface area contributed by atoms with Crippen molar-refractivity contribution < 1.29 is 0 Å². The van der Waals surface area contributed by atoms with Gasteiger partial charge in [-0.15, -0.1) is 0 Å². The van der Waals surface area contributed by atoms with Crippen molar-refractivity contribution in [1.82, 2.24) is 0 Å². The number of hydrogen-bond donors (Lipinski definition) is 0. The molecule has 0 bridgehead atoms. The highest BCUT2D eigenvalue weighted by Gasteiger charge is 2.37. The molecule has 0 N–H and O–H groups in total. The zero-order valence-electron chi connectivity index (χ0n) is 24.4. The van der Waals surface area contributed by atoms with Crippen molar-refractivity contribution in [2.75, 3.05) is 0 Å². The van der Waals surface area contributed by atoms with Crippen LogP contribution in [0.4, 0.5) is 0 Å². The maximum atomic E-state index is 2.42. The van der Waals surface area contributed by atoms with Crippen molar-refractivity contribution in [1.29, 1.82) is 0 Å². The van der Waals surface area contributed by atoms with Gasteiger partial charge in [0, 0.05) is 5.41 Å². The van der Waals surface area contributed by atoms with Crippen LogP contribution in [-0.2, 0) is 5.41 Å². The van der Waals surface area contributed by atoms with Crippen LogP contribution in [0.25, 0.3) is 76.5 Å². The first kappa shape index (κ1) is 24.4. The highest BCUT2D eigenvalue weighted by molar-refractivity contribution is 6.28. The number of fused-ring (bicyclic) bond motifs is 11. The molecule has 0 spiro atoms. The average molecular weight is 547 g/mol. The second-order valence-electron chi connectivity index (χ2n) is 12.5. The van der Waals surface area contributed by atoms with Gasteiger partial charge in [-0.1, -0.05) is 153 Å². The molecule has 0 heteroatoms. The zero-order chi connectivity index (χ0) is 28.7. The van der Waals surface area contributed by atoms with Crippen LogP contribution in [0.3, 0.4) is 0 Å². The number of rotatable bonds is 2. The molecule has 0 aliphatic heterocycles. The Morgan fingerprint density at radius 2 is 0.884 bits per heavy atom. The van der Waals surface area contributed by atoms with E-state index in [2.05, 4.69) is 159 Å². The first-order chi connectivity index (χ1) is 21.1. The van der Waals surface area contributed by atoms with Gasteiger partial charge < -0.3 is 0 Å². The Bertz CT molecular complexity index is 2390. The van der Waals surface area contributed by atoms with Crippen LogP contribution in [0, 0.1) is 0 Å². The summed E-state index contributed by atoms with van der Waals surface area (Å²) in [4.78, 5) is 0. The van der Waals surface area contributed by atoms with Crippen molar-refractivity contribution in [2.45, 2.75) is 19.3 Å². The second-order valence-corrected chi connectivity index (χ2v) is 12.5. The van der Waals surface area contributed by atoms with E-state index in [0.717, 1.165) is 0 Å². The summed E-state index contributed by atoms with van der Waals surface area (Å²) in [5, 5.41) is 10.6. The van der Waals surface area contributed by atoms with Crippen LogP contribution in [0.5, 0.6) is 0 Å². The van der Waals surface area contributed by atoms with Gasteiger partial charge in [-0.05, 0) is 93.7 Å². The van der Waals surface area contributed by atoms with Crippen LogP contribution in [0.2, 0.25) is 0 Å². The lowest BCUT2D eigenvalue weighted by Gasteiger charge is -2.25. The van der Waals surface area contributed by atoms with Gasteiger partial charge in [-0.25, -0.2) is 0 Å². The molecule has 0 radical (unpaired) electrons. The summed E-state index contributed by atoms with van der Waals surface area (Å²) in [5.74, 6) is 0. The molecular weight excluding hydrogens is 516 g/mol. The summed E-state index contributed by atoms with van der Waals surface area (Å²) in [6, 6.07) is 54.0. The topological polar surface area (TPSA) is 0 Å². The largest absolute Gasteiger partial charge is 0.0622 e. The van der Waals surface area contributed by atoms with Gasteiger partial charge in [-0.2, -0.15) is 0 Å². The van der Waals surface area contributed by atoms with E-state index in [0.29, 0.717) is 0 Å². The van der Waals surface area contributed by atoms with E-state index in [-0.39, 0.29) is 5.41 Å². The summed E-state index contributed by atoms with van der Waals surface area (Å²) in [6.45, 7) is 4.78. The average Bonchev–Trinajstić information content (AvgIpc) is 3.30. The highest BCUT2D eigenvalue weighted by Crippen LogP contribution is 2.53. The molecular formula is C43H30. The third-order valence-corrected chi connectivity index (χ3v) is 9.84. The molecule has 202 valence electrons. The first-order valence-electron chi connectivity index (χ1n) is 15.2. The van der Waals surface area contributed by atoms with E-state index < -0.39 is 0 Å². The summed E-state index contributed by atoms with van der Waals surface area (Å²) in [5.41, 5.74) is 10.6. The van der Waals surface area contributed by atoms with Crippen molar-refractivity contribution in [3.05, 3.63) is 157 Å². The van der Waals surface area contributed by atoms with Crippen molar-refractivity contribution in [3.63, 3.8) is 0 Å². The highest BCUT2D eigenvalue weighted by atomic mass is 14.4. The molecule has 8 aromatic rings. The fourth-order valence-corrected chi connectivity index (χ4v) is 7.90. The van der Waals surface area contributed by atoms with Gasteiger partial charge in [0.15, 0.2) is 0 Å². The minimum atomic E-state index is -0.0682. The Morgan fingerprint density at radius 1 is 0.349 bits per heavy atom. The molecule has 1 aliphatic carbocycles. The third-order valence-electron chi connectivity index (χ3n) is 9.84. The predicted molar refractivity (Wildman–Crippen MR) is 185 cm³/mol. The summed E-state index contributed by atoms with van der Waals surface area (Å²) < 4.78 is 0. The van der Waals surface area contributed by atoms with Crippen LogP contribution in [-0.4, -0.2) is 0 Å². The van der Waals surface area contributed by atoms with Gasteiger partial charge >= 0.3 is 0 Å². The molecule has 0 aromatic heterocycles. The molecule has 0 nitrogen and oxygen atoms in total. The van der Waals surface area contributed by atoms with E-state index in [1.807, 2.05) is 0 Å². The van der Waals surface area contributed by atoms with Gasteiger partial charge in [0.1, 0.15) is 0 Å². The molecule has 0 atom stereocenters. The molecule has 8 aromatic carbocycles. The normalized spacial score (nSPS) is 13.5. The van der Waals surface area contributed by atoms with E-state index >= 15 is 0 Å². The van der Waals surface area contributed by atoms with Crippen LogP contribution in [0.15, 0.2) is 146 Å². The lowest BCUT2D eigenvalue weighted by molar-refractivity contribution is 0.666. The molecule has 0 saturated heterocycles. The van der Waals surface area contributed by atoms with Crippen molar-refractivity contribution >= 4 is 43.1 Å². The van der Waals surface area contributed by atoms with E-state index in [4.69, 9.17) is 0 Å². The van der Waals surface area contributed by atoms with Crippen LogP contribution >= 0.6 is 0 Å². The minimum Gasteiger partial charge on any atom is -0.0622 e. The maximum absolute atomic E-state index is 2.42. The Balaban J connectivity index is 1.33. The summed E-state index contributed by atoms with van der Waals surface area (Å²) >= 11 is 0. The van der Waals surface area contributed by atoms with Crippen LogP contribution < -0.4 is 0 Å².